The molecule has 0 saturated heterocycles. The molecule has 0 bridgehead atoms. The molecule has 18 heavy (non-hydrogen) atoms. The highest BCUT2D eigenvalue weighted by Gasteiger charge is 2.10. The molecule has 2 aromatic rings. The summed E-state index contributed by atoms with van der Waals surface area (Å²) in [6, 6.07) is 10.1. The monoisotopic (exact) mass is 243 g/mol. The van der Waals surface area contributed by atoms with Crippen LogP contribution in [0.15, 0.2) is 36.5 Å². The highest BCUT2D eigenvalue weighted by molar-refractivity contribution is 5.76. The summed E-state index contributed by atoms with van der Waals surface area (Å²) in [4.78, 5) is 11.1. The third kappa shape index (κ3) is 2.59. The second kappa shape index (κ2) is 5.04. The van der Waals surface area contributed by atoms with Crippen LogP contribution in [0.4, 0.5) is 0 Å². The minimum Gasteiger partial charge on any atom is -0.369 e. The summed E-state index contributed by atoms with van der Waals surface area (Å²) >= 11 is 0. The van der Waals surface area contributed by atoms with Crippen LogP contribution in [0.5, 0.6) is 0 Å². The van der Waals surface area contributed by atoms with Gasteiger partial charge in [0.2, 0.25) is 5.91 Å². The number of carbonyl (C=O) groups excluding carboxylic acids is 1. The smallest absolute Gasteiger partial charge is 0.220 e. The normalized spacial score (nSPS) is 12.3. The fraction of sp³-hybridized carbons (Fsp3) is 0.286. The maximum atomic E-state index is 11.1. The molecule has 1 aromatic heterocycles. The van der Waals surface area contributed by atoms with E-state index < -0.39 is 0 Å². The van der Waals surface area contributed by atoms with E-state index in [1.165, 1.54) is 0 Å². The number of nitrogens with two attached hydrogens (primary N) is 1. The highest BCUT2D eigenvalue weighted by atomic mass is 16.1. The van der Waals surface area contributed by atoms with Crippen molar-refractivity contribution in [3.8, 4) is 11.3 Å². The average Bonchev–Trinajstić information content (AvgIpc) is 2.75. The molecule has 0 aliphatic rings. The largest absolute Gasteiger partial charge is 0.369 e. The Morgan fingerprint density at radius 1 is 1.44 bits per heavy atom. The maximum Gasteiger partial charge on any atom is 0.220 e. The second-order valence-electron chi connectivity index (χ2n) is 4.55. The Balaban J connectivity index is 2.26. The number of primary amides is 1. The van der Waals surface area contributed by atoms with E-state index in [0.29, 0.717) is 6.42 Å². The lowest BCUT2D eigenvalue weighted by Gasteiger charge is -2.09. The van der Waals surface area contributed by atoms with Crippen molar-refractivity contribution in [2.24, 2.45) is 18.7 Å². The van der Waals surface area contributed by atoms with Crippen LogP contribution in [0.2, 0.25) is 0 Å². The van der Waals surface area contributed by atoms with E-state index >= 15 is 0 Å². The molecule has 0 spiro atoms. The highest BCUT2D eigenvalue weighted by Crippen LogP contribution is 2.20. The predicted molar refractivity (Wildman–Crippen MR) is 70.7 cm³/mol. The van der Waals surface area contributed by atoms with Gasteiger partial charge >= 0.3 is 0 Å². The standard InChI is InChI=1S/C14H17N3O/c1-10(14(15)18)8-11-4-3-5-12(9-11)13-6-7-16-17(13)2/h3-7,9-10H,8H2,1-2H3,(H2,15,18). The second-order valence-corrected chi connectivity index (χ2v) is 4.55. The van der Waals surface area contributed by atoms with Crippen LogP contribution in [0.25, 0.3) is 11.3 Å². The predicted octanol–water partition coefficient (Wildman–Crippen LogP) is 1.75. The molecule has 4 heteroatoms. The maximum absolute atomic E-state index is 11.1. The fourth-order valence-corrected chi connectivity index (χ4v) is 1.97. The molecule has 0 fully saturated rings. The van der Waals surface area contributed by atoms with E-state index in [1.54, 1.807) is 6.20 Å². The fourth-order valence-electron chi connectivity index (χ4n) is 1.97. The van der Waals surface area contributed by atoms with Gasteiger partial charge in [-0.3, -0.25) is 9.48 Å². The molecule has 0 aliphatic heterocycles. The van der Waals surface area contributed by atoms with Crippen molar-refractivity contribution in [1.29, 1.82) is 0 Å². The van der Waals surface area contributed by atoms with Crippen LogP contribution in [0.1, 0.15) is 12.5 Å². The van der Waals surface area contributed by atoms with Crippen LogP contribution >= 0.6 is 0 Å². The van der Waals surface area contributed by atoms with Crippen molar-refractivity contribution < 1.29 is 4.79 Å². The van der Waals surface area contributed by atoms with E-state index in [0.717, 1.165) is 16.8 Å². The Hall–Kier alpha value is -2.10. The van der Waals surface area contributed by atoms with Gasteiger partial charge in [-0.15, -0.1) is 0 Å². The lowest BCUT2D eigenvalue weighted by Crippen LogP contribution is -2.22. The number of amides is 1. The first kappa shape index (κ1) is 12.4. The van der Waals surface area contributed by atoms with Crippen molar-refractivity contribution in [3.05, 3.63) is 42.1 Å². The summed E-state index contributed by atoms with van der Waals surface area (Å²) in [5.41, 5.74) is 8.56. The summed E-state index contributed by atoms with van der Waals surface area (Å²) in [6.45, 7) is 1.85. The van der Waals surface area contributed by atoms with Crippen molar-refractivity contribution in [3.63, 3.8) is 0 Å². The minimum atomic E-state index is -0.263. The molecule has 2 rings (SSSR count). The number of benzene rings is 1. The molecule has 2 N–H and O–H groups in total. The van der Waals surface area contributed by atoms with E-state index in [2.05, 4.69) is 11.2 Å². The van der Waals surface area contributed by atoms with Crippen LogP contribution in [-0.2, 0) is 18.3 Å². The van der Waals surface area contributed by atoms with Crippen molar-refractivity contribution >= 4 is 5.91 Å². The minimum absolute atomic E-state index is 0.146. The molecular formula is C14H17N3O. The molecule has 1 amide bonds. The number of aromatic nitrogens is 2. The van der Waals surface area contributed by atoms with Gasteiger partial charge in [0.1, 0.15) is 0 Å². The van der Waals surface area contributed by atoms with E-state index in [1.807, 2.05) is 42.9 Å². The Labute approximate surface area is 106 Å². The van der Waals surface area contributed by atoms with Gasteiger partial charge in [0.15, 0.2) is 0 Å². The zero-order chi connectivity index (χ0) is 13.1. The van der Waals surface area contributed by atoms with Crippen molar-refractivity contribution in [2.45, 2.75) is 13.3 Å². The number of carbonyl (C=O) groups is 1. The van der Waals surface area contributed by atoms with E-state index in [-0.39, 0.29) is 11.8 Å². The van der Waals surface area contributed by atoms with Gasteiger partial charge in [0.25, 0.3) is 0 Å². The van der Waals surface area contributed by atoms with E-state index in [4.69, 9.17) is 5.73 Å². The molecule has 0 radical (unpaired) electrons. The average molecular weight is 243 g/mol. The first-order chi connectivity index (χ1) is 8.58. The summed E-state index contributed by atoms with van der Waals surface area (Å²) in [5.74, 6) is -0.410. The van der Waals surface area contributed by atoms with E-state index in [9.17, 15) is 4.79 Å². The molecule has 1 aromatic carbocycles. The van der Waals surface area contributed by atoms with Gasteiger partial charge in [-0.1, -0.05) is 25.1 Å². The summed E-state index contributed by atoms with van der Waals surface area (Å²) in [6.07, 6.45) is 2.44. The molecular weight excluding hydrogens is 226 g/mol. The topological polar surface area (TPSA) is 60.9 Å². The van der Waals surface area contributed by atoms with Crippen LogP contribution in [-0.4, -0.2) is 15.7 Å². The Morgan fingerprint density at radius 3 is 2.83 bits per heavy atom. The molecule has 1 unspecified atom stereocenters. The Kier molecular flexibility index (Phi) is 3.46. The SMILES string of the molecule is CC(Cc1cccc(-c2ccnn2C)c1)C(N)=O. The molecule has 94 valence electrons. The number of aryl methyl sites for hydroxylation is 1. The quantitative estimate of drug-likeness (QED) is 0.889. The number of hydrogen-bond acceptors (Lipinski definition) is 2. The van der Waals surface area contributed by atoms with Crippen molar-refractivity contribution in [1.82, 2.24) is 9.78 Å². The molecule has 4 nitrogen and oxygen atoms in total. The number of hydrogen-bond donors (Lipinski definition) is 1. The Morgan fingerprint density at radius 2 is 2.22 bits per heavy atom. The van der Waals surface area contributed by atoms with Crippen molar-refractivity contribution in [2.75, 3.05) is 0 Å². The van der Waals surface area contributed by atoms with Gasteiger partial charge in [0.05, 0.1) is 5.69 Å². The first-order valence-electron chi connectivity index (χ1n) is 5.94. The number of rotatable bonds is 4. The zero-order valence-corrected chi connectivity index (χ0v) is 10.6. The molecule has 1 heterocycles. The molecule has 0 aliphatic carbocycles. The number of nitrogens with zero attached hydrogens (tertiary/aromatic N) is 2. The lowest BCUT2D eigenvalue weighted by atomic mass is 9.98. The van der Waals surface area contributed by atoms with Gasteiger partial charge in [-0.05, 0) is 24.1 Å². The van der Waals surface area contributed by atoms with Crippen LogP contribution in [0, 0.1) is 5.92 Å². The Bertz CT molecular complexity index is 560. The third-order valence-corrected chi connectivity index (χ3v) is 3.07. The lowest BCUT2D eigenvalue weighted by molar-refractivity contribution is -0.121. The molecule has 1 atom stereocenters. The van der Waals surface area contributed by atoms with Gasteiger partial charge < -0.3 is 5.73 Å². The van der Waals surface area contributed by atoms with Gasteiger partial charge in [0, 0.05) is 24.7 Å². The summed E-state index contributed by atoms with van der Waals surface area (Å²) in [7, 11) is 1.91. The van der Waals surface area contributed by atoms with Crippen LogP contribution in [0.3, 0.4) is 0 Å². The first-order valence-corrected chi connectivity index (χ1v) is 5.94. The van der Waals surface area contributed by atoms with Crippen LogP contribution < -0.4 is 5.73 Å². The summed E-state index contributed by atoms with van der Waals surface area (Å²) in [5, 5.41) is 4.15. The van der Waals surface area contributed by atoms with Gasteiger partial charge in [-0.2, -0.15) is 5.10 Å². The van der Waals surface area contributed by atoms with Gasteiger partial charge in [-0.25, -0.2) is 0 Å². The zero-order valence-electron chi connectivity index (χ0n) is 10.6. The molecule has 0 saturated carbocycles. The third-order valence-electron chi connectivity index (χ3n) is 3.07. The summed E-state index contributed by atoms with van der Waals surface area (Å²) < 4.78 is 1.83.